The summed E-state index contributed by atoms with van der Waals surface area (Å²) in [6.07, 6.45) is 3.69. The number of rotatable bonds is 4. The van der Waals surface area contributed by atoms with Crippen molar-refractivity contribution in [3.63, 3.8) is 0 Å². The predicted octanol–water partition coefficient (Wildman–Crippen LogP) is 3.00. The Hall–Kier alpha value is -3.27. The number of hydrogen-bond acceptors (Lipinski definition) is 6. The third kappa shape index (κ3) is 3.33. The number of nitrogens with one attached hydrogen (secondary N) is 1. The van der Waals surface area contributed by atoms with Crippen LogP contribution in [0.5, 0.6) is 5.75 Å². The molecule has 1 atom stereocenters. The standard InChI is InChI=1S/C18H17F2N5O3/c1-27-23-18(26)28-15-10-21-25-8-6-16(22-17(15)25)24-7-2-3-14(24)12-9-11(19)4-5-13(12)20/h4-6,8-10,14H,2-3,7H2,1H3,(H,23,26)/t14-/m1/s1. The Labute approximate surface area is 158 Å². The summed E-state index contributed by atoms with van der Waals surface area (Å²) in [4.78, 5) is 22.5. The van der Waals surface area contributed by atoms with Crippen molar-refractivity contribution in [3.05, 3.63) is 53.9 Å². The maximum absolute atomic E-state index is 14.3. The van der Waals surface area contributed by atoms with Gasteiger partial charge in [0.05, 0.1) is 19.3 Å². The van der Waals surface area contributed by atoms with E-state index in [0.29, 0.717) is 30.0 Å². The highest BCUT2D eigenvalue weighted by atomic mass is 19.1. The fourth-order valence-electron chi connectivity index (χ4n) is 3.41. The van der Waals surface area contributed by atoms with Gasteiger partial charge >= 0.3 is 6.09 Å². The minimum Gasteiger partial charge on any atom is -0.403 e. The van der Waals surface area contributed by atoms with Crippen LogP contribution in [0.1, 0.15) is 24.4 Å². The quantitative estimate of drug-likeness (QED) is 0.691. The van der Waals surface area contributed by atoms with Crippen LogP contribution in [0.4, 0.5) is 19.4 Å². The zero-order valence-electron chi connectivity index (χ0n) is 14.9. The monoisotopic (exact) mass is 389 g/mol. The molecule has 10 heteroatoms. The summed E-state index contributed by atoms with van der Waals surface area (Å²) < 4.78 is 34.5. The van der Waals surface area contributed by atoms with Gasteiger partial charge in [-0.1, -0.05) is 0 Å². The molecular formula is C18H17F2N5O3. The molecule has 3 heterocycles. The number of benzene rings is 1. The van der Waals surface area contributed by atoms with Crippen molar-refractivity contribution in [3.8, 4) is 5.75 Å². The first-order valence-corrected chi connectivity index (χ1v) is 8.63. The lowest BCUT2D eigenvalue weighted by Crippen LogP contribution is -2.26. The molecule has 1 N–H and O–H groups in total. The van der Waals surface area contributed by atoms with Crippen LogP contribution in [-0.2, 0) is 4.84 Å². The maximum atomic E-state index is 14.3. The first kappa shape index (κ1) is 18.1. The number of ether oxygens (including phenoxy) is 1. The fraction of sp³-hybridized carbons (Fsp3) is 0.278. The van der Waals surface area contributed by atoms with E-state index in [4.69, 9.17) is 4.74 Å². The second kappa shape index (κ2) is 7.39. The Morgan fingerprint density at radius 1 is 1.32 bits per heavy atom. The minimum atomic E-state index is -0.814. The van der Waals surface area contributed by atoms with Gasteiger partial charge < -0.3 is 9.64 Å². The first-order valence-electron chi connectivity index (χ1n) is 8.63. The largest absolute Gasteiger partial charge is 0.436 e. The first-order chi connectivity index (χ1) is 13.6. The Bertz CT molecular complexity index is 1030. The second-order valence-corrected chi connectivity index (χ2v) is 6.28. The van der Waals surface area contributed by atoms with Crippen molar-refractivity contribution < 1.29 is 23.1 Å². The average molecular weight is 389 g/mol. The molecule has 4 rings (SSSR count). The van der Waals surface area contributed by atoms with Crippen LogP contribution in [0, 0.1) is 11.6 Å². The molecule has 0 unspecified atom stereocenters. The number of aromatic nitrogens is 3. The third-order valence-electron chi connectivity index (χ3n) is 4.57. The van der Waals surface area contributed by atoms with Crippen LogP contribution in [0.25, 0.3) is 5.65 Å². The smallest absolute Gasteiger partial charge is 0.403 e. The summed E-state index contributed by atoms with van der Waals surface area (Å²) in [5.74, 6) is -0.244. The van der Waals surface area contributed by atoms with Crippen molar-refractivity contribution in [2.75, 3.05) is 18.6 Å². The number of carbonyl (C=O) groups excluding carboxylic acids is 1. The van der Waals surface area contributed by atoms with Crippen LogP contribution in [0.3, 0.4) is 0 Å². The van der Waals surface area contributed by atoms with Crippen LogP contribution >= 0.6 is 0 Å². The maximum Gasteiger partial charge on any atom is 0.436 e. The topological polar surface area (TPSA) is 81.0 Å². The van der Waals surface area contributed by atoms with Gasteiger partial charge in [0.25, 0.3) is 0 Å². The van der Waals surface area contributed by atoms with Crippen molar-refractivity contribution >= 4 is 17.6 Å². The van der Waals surface area contributed by atoms with Crippen LogP contribution in [0.15, 0.2) is 36.7 Å². The normalized spacial score (nSPS) is 16.5. The van der Waals surface area contributed by atoms with E-state index in [1.807, 2.05) is 10.4 Å². The molecule has 0 aliphatic carbocycles. The van der Waals surface area contributed by atoms with Gasteiger partial charge in [-0.05, 0) is 37.1 Å². The molecule has 3 aromatic rings. The van der Waals surface area contributed by atoms with Gasteiger partial charge in [-0.2, -0.15) is 10.6 Å². The van der Waals surface area contributed by atoms with Gasteiger partial charge in [-0.15, -0.1) is 0 Å². The number of anilines is 1. The molecule has 1 aliphatic rings. The van der Waals surface area contributed by atoms with Gasteiger partial charge in [0, 0.05) is 18.3 Å². The molecule has 0 bridgehead atoms. The van der Waals surface area contributed by atoms with E-state index in [-0.39, 0.29) is 11.8 Å². The molecule has 8 nitrogen and oxygen atoms in total. The van der Waals surface area contributed by atoms with Crippen LogP contribution in [0.2, 0.25) is 0 Å². The average Bonchev–Trinajstić information content (AvgIpc) is 3.31. The van der Waals surface area contributed by atoms with Gasteiger partial charge in [-0.25, -0.2) is 23.1 Å². The number of carbonyl (C=O) groups is 1. The summed E-state index contributed by atoms with van der Waals surface area (Å²) in [5.41, 5.74) is 2.65. The molecule has 146 valence electrons. The molecule has 1 aliphatic heterocycles. The molecule has 0 radical (unpaired) electrons. The highest BCUT2D eigenvalue weighted by Crippen LogP contribution is 2.37. The van der Waals surface area contributed by atoms with E-state index in [2.05, 4.69) is 14.9 Å². The van der Waals surface area contributed by atoms with E-state index in [0.717, 1.165) is 18.6 Å². The molecule has 1 saturated heterocycles. The highest BCUT2D eigenvalue weighted by Gasteiger charge is 2.30. The predicted molar refractivity (Wildman–Crippen MR) is 94.8 cm³/mol. The van der Waals surface area contributed by atoms with E-state index in [1.54, 1.807) is 12.3 Å². The molecule has 2 aromatic heterocycles. The molecule has 1 fully saturated rings. The Kier molecular flexibility index (Phi) is 4.78. The summed E-state index contributed by atoms with van der Waals surface area (Å²) in [6.45, 7) is 0.637. The zero-order chi connectivity index (χ0) is 19.7. The molecule has 1 amide bonds. The number of halogens is 2. The van der Waals surface area contributed by atoms with Crippen molar-refractivity contribution in [2.45, 2.75) is 18.9 Å². The SMILES string of the molecule is CONC(=O)Oc1cnn2ccc(N3CCC[C@@H]3c3cc(F)ccc3F)nc12. The second-order valence-electron chi connectivity index (χ2n) is 6.28. The molecule has 0 spiro atoms. The lowest BCUT2D eigenvalue weighted by molar-refractivity contribution is 0.0848. The highest BCUT2D eigenvalue weighted by molar-refractivity contribution is 5.72. The Morgan fingerprint density at radius 2 is 2.18 bits per heavy atom. The lowest BCUT2D eigenvalue weighted by atomic mass is 10.0. The van der Waals surface area contributed by atoms with E-state index in [9.17, 15) is 13.6 Å². The summed E-state index contributed by atoms with van der Waals surface area (Å²) in [7, 11) is 1.28. The van der Waals surface area contributed by atoms with Crippen molar-refractivity contribution in [1.82, 2.24) is 20.1 Å². The number of hydroxylamine groups is 1. The molecule has 28 heavy (non-hydrogen) atoms. The van der Waals surface area contributed by atoms with Gasteiger partial charge in [-0.3, -0.25) is 4.84 Å². The fourth-order valence-corrected chi connectivity index (χ4v) is 3.41. The number of nitrogens with zero attached hydrogens (tertiary/aromatic N) is 4. The number of fused-ring (bicyclic) bond motifs is 1. The van der Waals surface area contributed by atoms with Crippen LogP contribution < -0.4 is 15.1 Å². The zero-order valence-corrected chi connectivity index (χ0v) is 14.9. The minimum absolute atomic E-state index is 0.143. The van der Waals surface area contributed by atoms with E-state index in [1.165, 1.54) is 23.9 Å². The Morgan fingerprint density at radius 3 is 3.00 bits per heavy atom. The third-order valence-corrected chi connectivity index (χ3v) is 4.57. The summed E-state index contributed by atoms with van der Waals surface area (Å²) in [6, 6.07) is 4.85. The van der Waals surface area contributed by atoms with E-state index >= 15 is 0 Å². The van der Waals surface area contributed by atoms with E-state index < -0.39 is 17.7 Å². The number of amides is 1. The molecular weight excluding hydrogens is 372 g/mol. The van der Waals surface area contributed by atoms with Gasteiger partial charge in [0.1, 0.15) is 17.5 Å². The van der Waals surface area contributed by atoms with Gasteiger partial charge in [0.2, 0.25) is 5.65 Å². The lowest BCUT2D eigenvalue weighted by Gasteiger charge is -2.26. The van der Waals surface area contributed by atoms with Crippen molar-refractivity contribution in [2.24, 2.45) is 0 Å². The van der Waals surface area contributed by atoms with Crippen molar-refractivity contribution in [1.29, 1.82) is 0 Å². The molecule has 1 aromatic carbocycles. The summed E-state index contributed by atoms with van der Waals surface area (Å²) >= 11 is 0. The van der Waals surface area contributed by atoms with Gasteiger partial charge in [0.15, 0.2) is 5.75 Å². The Balaban J connectivity index is 1.68. The number of hydrogen-bond donors (Lipinski definition) is 1. The molecule has 0 saturated carbocycles. The summed E-state index contributed by atoms with van der Waals surface area (Å²) in [5, 5.41) is 4.08. The van der Waals surface area contributed by atoms with Crippen LogP contribution in [-0.4, -0.2) is 34.3 Å².